The molecule has 1 unspecified atom stereocenters. The van der Waals surface area contributed by atoms with Gasteiger partial charge in [0.1, 0.15) is 24.2 Å². The maximum atomic E-state index is 13.2. The van der Waals surface area contributed by atoms with Gasteiger partial charge in [-0.25, -0.2) is 4.79 Å². The minimum absolute atomic E-state index is 0.0654. The highest BCUT2D eigenvalue weighted by atomic mass is 35.5. The molecule has 1 saturated carbocycles. The summed E-state index contributed by atoms with van der Waals surface area (Å²) in [5, 5.41) is 3.86. The average molecular weight is 535 g/mol. The molecule has 194 valence electrons. The Bertz CT molecular complexity index is 1120. The second-order valence-electron chi connectivity index (χ2n) is 9.96. The number of benzene rings is 1. The molecule has 0 saturated heterocycles. The van der Waals surface area contributed by atoms with Crippen LogP contribution in [0.2, 0.25) is 10.0 Å². The van der Waals surface area contributed by atoms with E-state index >= 15 is 0 Å². The van der Waals surface area contributed by atoms with E-state index in [0.717, 1.165) is 0 Å². The molecule has 0 radical (unpaired) electrons. The number of Topliss-reactive ketones (excluding diaryl/α,β-unsaturated/α-hetero) is 1. The van der Waals surface area contributed by atoms with Crippen molar-refractivity contribution in [2.24, 2.45) is 16.7 Å². The van der Waals surface area contributed by atoms with Crippen LogP contribution in [-0.2, 0) is 32.1 Å². The van der Waals surface area contributed by atoms with Gasteiger partial charge in [0.25, 0.3) is 0 Å². The number of carbonyl (C=O) groups excluding carboxylic acids is 3. The third kappa shape index (κ3) is 5.68. The molecule has 3 rings (SSSR count). The molecule has 7 nitrogen and oxygen atoms in total. The van der Waals surface area contributed by atoms with Crippen molar-refractivity contribution in [1.82, 2.24) is 10.3 Å². The van der Waals surface area contributed by atoms with E-state index < -0.39 is 28.8 Å². The van der Waals surface area contributed by atoms with E-state index in [1.54, 1.807) is 37.3 Å². The molecule has 0 spiro atoms. The van der Waals surface area contributed by atoms with Crippen LogP contribution < -0.4 is 10.1 Å². The van der Waals surface area contributed by atoms with E-state index in [0.29, 0.717) is 39.9 Å². The first kappa shape index (κ1) is 27.9. The Kier molecular flexibility index (Phi) is 8.67. The number of hydrogen-bond acceptors (Lipinski definition) is 6. The second-order valence-corrected chi connectivity index (χ2v) is 10.8. The van der Waals surface area contributed by atoms with Gasteiger partial charge in [-0.05, 0) is 49.4 Å². The highest BCUT2D eigenvalue weighted by Gasteiger charge is 2.56. The minimum atomic E-state index is -0.913. The SMILES string of the molecule is COC(=O)C(Cc1ccc(OCc2c(Cl)cccc2Cl)cn1)NC(=O)[C@H]1CC[C@@](C)(C(C)=O)C1(C)C. The maximum absolute atomic E-state index is 13.2. The predicted octanol–water partition coefficient (Wildman–Crippen LogP) is 5.20. The van der Waals surface area contributed by atoms with Gasteiger partial charge in [-0.1, -0.05) is 50.0 Å². The molecule has 1 amide bonds. The number of nitrogens with one attached hydrogen (secondary N) is 1. The Balaban J connectivity index is 1.67. The molecule has 2 aromatic rings. The maximum Gasteiger partial charge on any atom is 0.328 e. The number of ether oxygens (including phenoxy) is 2. The lowest BCUT2D eigenvalue weighted by Gasteiger charge is -2.39. The highest BCUT2D eigenvalue weighted by molar-refractivity contribution is 6.35. The van der Waals surface area contributed by atoms with Crippen molar-refractivity contribution < 1.29 is 23.9 Å². The molecule has 9 heteroatoms. The van der Waals surface area contributed by atoms with Crippen molar-refractivity contribution in [3.05, 3.63) is 57.8 Å². The number of halogens is 2. The summed E-state index contributed by atoms with van der Waals surface area (Å²) in [6.45, 7) is 7.54. The van der Waals surface area contributed by atoms with Gasteiger partial charge in [-0.15, -0.1) is 0 Å². The number of hydrogen-bond donors (Lipinski definition) is 1. The van der Waals surface area contributed by atoms with E-state index in [1.165, 1.54) is 13.3 Å². The van der Waals surface area contributed by atoms with Crippen molar-refractivity contribution in [3.8, 4) is 5.75 Å². The molecule has 0 bridgehead atoms. The van der Waals surface area contributed by atoms with Crippen molar-refractivity contribution in [2.45, 2.75) is 59.6 Å². The molecular weight excluding hydrogens is 503 g/mol. The van der Waals surface area contributed by atoms with Crippen LogP contribution in [0.4, 0.5) is 0 Å². The van der Waals surface area contributed by atoms with Crippen LogP contribution in [0, 0.1) is 16.7 Å². The normalized spacial score (nSPS) is 21.5. The van der Waals surface area contributed by atoms with Crippen molar-refractivity contribution in [1.29, 1.82) is 0 Å². The van der Waals surface area contributed by atoms with Crippen molar-refractivity contribution >= 4 is 40.9 Å². The van der Waals surface area contributed by atoms with E-state index in [1.807, 2.05) is 20.8 Å². The number of amides is 1. The molecule has 1 aromatic carbocycles. The van der Waals surface area contributed by atoms with Gasteiger partial charge >= 0.3 is 5.97 Å². The summed E-state index contributed by atoms with van der Waals surface area (Å²) in [5.74, 6) is -0.667. The minimum Gasteiger partial charge on any atom is -0.487 e. The first-order valence-corrected chi connectivity index (χ1v) is 12.6. The van der Waals surface area contributed by atoms with Gasteiger partial charge in [0.2, 0.25) is 5.91 Å². The number of nitrogens with zero attached hydrogens (tertiary/aromatic N) is 1. The first-order valence-electron chi connectivity index (χ1n) is 11.8. The summed E-state index contributed by atoms with van der Waals surface area (Å²) >= 11 is 12.4. The fourth-order valence-electron chi connectivity index (χ4n) is 4.85. The Morgan fingerprint density at radius 3 is 2.33 bits per heavy atom. The standard InChI is InChI=1S/C27H32Cl2N2O5/c1-16(32)27(4)12-11-20(26(27,2)3)24(33)31-23(25(34)35-5)13-17-9-10-18(14-30-17)36-15-19-21(28)7-6-8-22(19)29/h6-10,14,20,23H,11-13,15H2,1-5H3,(H,31,33)/t20-,23?,27+/m1/s1. The number of rotatable bonds is 9. The summed E-state index contributed by atoms with van der Waals surface area (Å²) in [6.07, 6.45) is 2.88. The van der Waals surface area contributed by atoms with Gasteiger partial charge in [0.05, 0.1) is 13.3 Å². The summed E-state index contributed by atoms with van der Waals surface area (Å²) in [5.41, 5.74) is 0.106. The largest absolute Gasteiger partial charge is 0.487 e. The van der Waals surface area contributed by atoms with Crippen molar-refractivity contribution in [2.75, 3.05) is 7.11 Å². The number of ketones is 1. The second kappa shape index (κ2) is 11.2. The number of pyridine rings is 1. The van der Waals surface area contributed by atoms with Crippen LogP contribution in [0.25, 0.3) is 0 Å². The molecule has 1 aliphatic carbocycles. The first-order chi connectivity index (χ1) is 16.9. The van der Waals surface area contributed by atoms with E-state index in [4.69, 9.17) is 32.7 Å². The fourth-order valence-corrected chi connectivity index (χ4v) is 5.36. The molecule has 36 heavy (non-hydrogen) atoms. The van der Waals surface area contributed by atoms with Crippen LogP contribution in [-0.4, -0.2) is 35.8 Å². The van der Waals surface area contributed by atoms with Gasteiger partial charge in [0.15, 0.2) is 0 Å². The Morgan fingerprint density at radius 2 is 1.81 bits per heavy atom. The zero-order chi connectivity index (χ0) is 26.7. The number of carbonyl (C=O) groups is 3. The quantitative estimate of drug-likeness (QED) is 0.444. The fraction of sp³-hybridized carbons (Fsp3) is 0.481. The number of esters is 1. The molecule has 1 aliphatic rings. The van der Waals surface area contributed by atoms with Gasteiger partial charge < -0.3 is 14.8 Å². The lowest BCUT2D eigenvalue weighted by Crippen LogP contribution is -2.50. The van der Waals surface area contributed by atoms with Gasteiger partial charge in [-0.3, -0.25) is 14.6 Å². The molecule has 0 aliphatic heterocycles. The van der Waals surface area contributed by atoms with Gasteiger partial charge in [-0.2, -0.15) is 0 Å². The molecule has 1 N–H and O–H groups in total. The smallest absolute Gasteiger partial charge is 0.328 e. The summed E-state index contributed by atoms with van der Waals surface area (Å²) in [6, 6.07) is 7.77. The molecule has 1 aromatic heterocycles. The molecular formula is C27H32Cl2N2O5. The van der Waals surface area contributed by atoms with Crippen molar-refractivity contribution in [3.63, 3.8) is 0 Å². The molecule has 1 fully saturated rings. The van der Waals surface area contributed by atoms with E-state index in [9.17, 15) is 14.4 Å². The average Bonchev–Trinajstić information content (AvgIpc) is 3.08. The molecule has 1 heterocycles. The lowest BCUT2D eigenvalue weighted by molar-refractivity contribution is -0.147. The zero-order valence-electron chi connectivity index (χ0n) is 21.2. The van der Waals surface area contributed by atoms with Crippen LogP contribution in [0.5, 0.6) is 5.75 Å². The Morgan fingerprint density at radius 1 is 1.14 bits per heavy atom. The van der Waals surface area contributed by atoms with Crippen LogP contribution in [0.1, 0.15) is 51.8 Å². The predicted molar refractivity (Wildman–Crippen MR) is 138 cm³/mol. The van der Waals surface area contributed by atoms with Crippen LogP contribution >= 0.6 is 23.2 Å². The summed E-state index contributed by atoms with van der Waals surface area (Å²) in [7, 11) is 1.28. The Hall–Kier alpha value is -2.64. The monoisotopic (exact) mass is 534 g/mol. The van der Waals surface area contributed by atoms with E-state index in [-0.39, 0.29) is 24.7 Å². The highest BCUT2D eigenvalue weighted by Crippen LogP contribution is 2.56. The summed E-state index contributed by atoms with van der Waals surface area (Å²) in [4.78, 5) is 42.4. The van der Waals surface area contributed by atoms with Crippen LogP contribution in [0.3, 0.4) is 0 Å². The Labute approximate surface area is 221 Å². The van der Waals surface area contributed by atoms with Gasteiger partial charge in [0, 0.05) is 39.1 Å². The third-order valence-corrected chi connectivity index (χ3v) is 8.49. The topological polar surface area (TPSA) is 94.6 Å². The number of methoxy groups -OCH3 is 1. The lowest BCUT2D eigenvalue weighted by atomic mass is 9.63. The van der Waals surface area contributed by atoms with E-state index in [2.05, 4.69) is 10.3 Å². The number of aromatic nitrogens is 1. The zero-order valence-corrected chi connectivity index (χ0v) is 22.7. The summed E-state index contributed by atoms with van der Waals surface area (Å²) < 4.78 is 10.7. The van der Waals surface area contributed by atoms with Crippen LogP contribution in [0.15, 0.2) is 36.5 Å². The third-order valence-electron chi connectivity index (χ3n) is 7.78. The molecule has 3 atom stereocenters.